The number of carboxylic acids is 2. The fourth-order valence-corrected chi connectivity index (χ4v) is 1.18. The number of carboxylic acid groups (broad SMARTS) is 2. The highest BCUT2D eigenvalue weighted by Gasteiger charge is 1.97. The second kappa shape index (κ2) is 13.0. The lowest BCUT2D eigenvalue weighted by atomic mass is 10.0. The lowest BCUT2D eigenvalue weighted by Gasteiger charge is -2.02. The summed E-state index contributed by atoms with van der Waals surface area (Å²) in [7, 11) is 0. The second-order valence-corrected chi connectivity index (χ2v) is 4.49. The van der Waals surface area contributed by atoms with Crippen molar-refractivity contribution in [2.24, 2.45) is 5.92 Å². The van der Waals surface area contributed by atoms with Crippen molar-refractivity contribution in [3.63, 3.8) is 0 Å². The maximum atomic E-state index is 10.1. The first-order valence-corrected chi connectivity index (χ1v) is 6.33. The summed E-state index contributed by atoms with van der Waals surface area (Å²) in [5, 5.41) is 16.1. The zero-order chi connectivity index (χ0) is 13.7. The lowest BCUT2D eigenvalue weighted by Crippen LogP contribution is -1.94. The molecule has 0 atom stereocenters. The average molecular weight is 246 g/mol. The Morgan fingerprint density at radius 2 is 1.41 bits per heavy atom. The molecule has 0 rings (SSSR count). The zero-order valence-corrected chi connectivity index (χ0v) is 11.2. The molecule has 0 bridgehead atoms. The van der Waals surface area contributed by atoms with E-state index >= 15 is 0 Å². The van der Waals surface area contributed by atoms with Gasteiger partial charge in [0.1, 0.15) is 0 Å². The van der Waals surface area contributed by atoms with E-state index in [1.807, 2.05) is 0 Å². The first-order valence-electron chi connectivity index (χ1n) is 6.33. The summed E-state index contributed by atoms with van der Waals surface area (Å²) < 4.78 is 0. The van der Waals surface area contributed by atoms with Crippen LogP contribution in [0.5, 0.6) is 0 Å². The molecule has 102 valence electrons. The summed E-state index contributed by atoms with van der Waals surface area (Å²) in [4.78, 5) is 19.5. The van der Waals surface area contributed by atoms with Crippen molar-refractivity contribution in [3.05, 3.63) is 0 Å². The van der Waals surface area contributed by atoms with Gasteiger partial charge in [-0.25, -0.2) is 0 Å². The van der Waals surface area contributed by atoms with Gasteiger partial charge in [0.15, 0.2) is 0 Å². The molecule has 2 N–H and O–H groups in total. The first-order chi connectivity index (χ1) is 7.90. The van der Waals surface area contributed by atoms with E-state index in [2.05, 4.69) is 13.8 Å². The number of aliphatic carboxylic acids is 2. The van der Waals surface area contributed by atoms with Crippen LogP contribution in [-0.4, -0.2) is 22.2 Å². The molecule has 0 saturated heterocycles. The summed E-state index contributed by atoms with van der Waals surface area (Å²) in [6, 6.07) is 0. The molecule has 0 amide bonds. The Bertz CT molecular complexity index is 200. The van der Waals surface area contributed by atoms with Crippen LogP contribution in [0, 0.1) is 5.92 Å². The SMILES string of the molecule is CC(C)CCCCCCC(=O)O.CCC(=O)O. The summed E-state index contributed by atoms with van der Waals surface area (Å²) in [5.41, 5.74) is 0. The quantitative estimate of drug-likeness (QED) is 0.642. The van der Waals surface area contributed by atoms with E-state index in [1.54, 1.807) is 6.92 Å². The van der Waals surface area contributed by atoms with Crippen LogP contribution in [0.25, 0.3) is 0 Å². The van der Waals surface area contributed by atoms with Crippen LogP contribution >= 0.6 is 0 Å². The highest BCUT2D eigenvalue weighted by atomic mass is 16.4. The van der Waals surface area contributed by atoms with Gasteiger partial charge in [-0.15, -0.1) is 0 Å². The third-order valence-corrected chi connectivity index (χ3v) is 2.22. The summed E-state index contributed by atoms with van der Waals surface area (Å²) in [5.74, 6) is -0.631. The van der Waals surface area contributed by atoms with Crippen molar-refractivity contribution in [2.75, 3.05) is 0 Å². The van der Waals surface area contributed by atoms with Crippen molar-refractivity contribution in [1.29, 1.82) is 0 Å². The predicted octanol–water partition coefficient (Wildman–Crippen LogP) is 3.55. The van der Waals surface area contributed by atoms with E-state index in [0.717, 1.165) is 18.8 Å². The number of carbonyl (C=O) groups is 2. The normalized spacial score (nSPS) is 9.65. The monoisotopic (exact) mass is 246 g/mol. The van der Waals surface area contributed by atoms with Gasteiger partial charge in [0.05, 0.1) is 0 Å². The number of rotatable bonds is 8. The Morgan fingerprint density at radius 1 is 0.941 bits per heavy atom. The maximum absolute atomic E-state index is 10.1. The summed E-state index contributed by atoms with van der Waals surface area (Å²) >= 11 is 0. The Labute approximate surface area is 104 Å². The molecule has 4 nitrogen and oxygen atoms in total. The zero-order valence-electron chi connectivity index (χ0n) is 11.2. The minimum absolute atomic E-state index is 0.222. The molecule has 0 aliphatic carbocycles. The number of hydrogen-bond donors (Lipinski definition) is 2. The highest BCUT2D eigenvalue weighted by Crippen LogP contribution is 2.10. The molecule has 0 aromatic heterocycles. The van der Waals surface area contributed by atoms with Gasteiger partial charge in [0.2, 0.25) is 0 Å². The lowest BCUT2D eigenvalue weighted by molar-refractivity contribution is -0.137. The van der Waals surface area contributed by atoms with Crippen molar-refractivity contribution in [1.82, 2.24) is 0 Å². The highest BCUT2D eigenvalue weighted by molar-refractivity contribution is 5.66. The van der Waals surface area contributed by atoms with Crippen molar-refractivity contribution in [3.8, 4) is 0 Å². The molecule has 0 radical (unpaired) electrons. The minimum atomic E-state index is -0.745. The van der Waals surface area contributed by atoms with Crippen LogP contribution in [-0.2, 0) is 9.59 Å². The second-order valence-electron chi connectivity index (χ2n) is 4.49. The topological polar surface area (TPSA) is 74.6 Å². The van der Waals surface area contributed by atoms with Gasteiger partial charge in [-0.05, 0) is 12.3 Å². The molecular formula is C13H26O4. The molecule has 0 saturated carbocycles. The van der Waals surface area contributed by atoms with Crippen molar-refractivity contribution in [2.45, 2.75) is 65.7 Å². The molecule has 0 aliphatic heterocycles. The predicted molar refractivity (Wildman–Crippen MR) is 68.1 cm³/mol. The molecule has 0 spiro atoms. The third kappa shape index (κ3) is 25.3. The van der Waals surface area contributed by atoms with Crippen LogP contribution in [0.2, 0.25) is 0 Å². The van der Waals surface area contributed by atoms with Crippen LogP contribution in [0.4, 0.5) is 0 Å². The van der Waals surface area contributed by atoms with E-state index < -0.39 is 11.9 Å². The number of unbranched alkanes of at least 4 members (excludes halogenated alkanes) is 3. The van der Waals surface area contributed by atoms with E-state index in [4.69, 9.17) is 10.2 Å². The maximum Gasteiger partial charge on any atom is 0.303 e. The summed E-state index contributed by atoms with van der Waals surface area (Å²) in [6.07, 6.45) is 6.17. The molecule has 0 aromatic carbocycles. The molecule has 0 unspecified atom stereocenters. The van der Waals surface area contributed by atoms with Crippen molar-refractivity contribution >= 4 is 11.9 Å². The fourth-order valence-electron chi connectivity index (χ4n) is 1.18. The molecule has 0 aromatic rings. The third-order valence-electron chi connectivity index (χ3n) is 2.22. The van der Waals surface area contributed by atoms with Crippen LogP contribution in [0.15, 0.2) is 0 Å². The van der Waals surface area contributed by atoms with E-state index in [9.17, 15) is 9.59 Å². The van der Waals surface area contributed by atoms with Gasteiger partial charge < -0.3 is 10.2 Å². The van der Waals surface area contributed by atoms with E-state index in [-0.39, 0.29) is 6.42 Å². The molecule has 17 heavy (non-hydrogen) atoms. The average Bonchev–Trinajstić information content (AvgIpc) is 2.23. The van der Waals surface area contributed by atoms with Crippen LogP contribution in [0.1, 0.15) is 65.7 Å². The van der Waals surface area contributed by atoms with Gasteiger partial charge in [-0.2, -0.15) is 0 Å². The van der Waals surface area contributed by atoms with Crippen LogP contribution in [0.3, 0.4) is 0 Å². The fraction of sp³-hybridized carbons (Fsp3) is 0.846. The smallest absolute Gasteiger partial charge is 0.303 e. The van der Waals surface area contributed by atoms with E-state index in [0.29, 0.717) is 6.42 Å². The Kier molecular flexibility index (Phi) is 14.0. The van der Waals surface area contributed by atoms with Crippen LogP contribution < -0.4 is 0 Å². The standard InChI is InChI=1S/C10H20O2.C3H6O2/c1-9(2)7-5-3-4-6-8-10(11)12;1-2-3(4)5/h9H,3-8H2,1-2H3,(H,11,12);2H2,1H3,(H,4,5). The van der Waals surface area contributed by atoms with Crippen molar-refractivity contribution < 1.29 is 19.8 Å². The summed E-state index contributed by atoms with van der Waals surface area (Å²) in [6.45, 7) is 6.04. The molecule has 0 aliphatic rings. The Balaban J connectivity index is 0. The Hall–Kier alpha value is -1.06. The van der Waals surface area contributed by atoms with E-state index in [1.165, 1.54) is 19.3 Å². The van der Waals surface area contributed by atoms with Gasteiger partial charge in [0.25, 0.3) is 0 Å². The minimum Gasteiger partial charge on any atom is -0.481 e. The largest absolute Gasteiger partial charge is 0.481 e. The van der Waals surface area contributed by atoms with Gasteiger partial charge in [-0.1, -0.05) is 46.5 Å². The molecule has 4 heteroatoms. The molecule has 0 heterocycles. The van der Waals surface area contributed by atoms with Gasteiger partial charge in [0, 0.05) is 12.8 Å². The Morgan fingerprint density at radius 3 is 1.76 bits per heavy atom. The van der Waals surface area contributed by atoms with Gasteiger partial charge in [-0.3, -0.25) is 9.59 Å². The molecule has 0 fully saturated rings. The number of hydrogen-bond acceptors (Lipinski definition) is 2. The molecular weight excluding hydrogens is 220 g/mol. The first kappa shape index (κ1) is 18.3. The van der Waals surface area contributed by atoms with Gasteiger partial charge >= 0.3 is 11.9 Å².